The van der Waals surface area contributed by atoms with E-state index in [1.54, 1.807) is 60.4 Å². The van der Waals surface area contributed by atoms with Gasteiger partial charge in [-0.2, -0.15) is 0 Å². The summed E-state index contributed by atoms with van der Waals surface area (Å²) in [6, 6.07) is 13.9. The first kappa shape index (κ1) is 20.3. The van der Waals surface area contributed by atoms with Crippen LogP contribution >= 0.6 is 15.9 Å². The Balaban J connectivity index is 1.83. The average molecular weight is 444 g/mol. The molecule has 1 heterocycles. The number of ketones is 1. The van der Waals surface area contributed by atoms with Crippen molar-refractivity contribution in [1.29, 1.82) is 0 Å². The van der Waals surface area contributed by atoms with Crippen LogP contribution in [0.15, 0.2) is 53.0 Å². The van der Waals surface area contributed by atoms with Crippen molar-refractivity contribution in [2.24, 2.45) is 5.92 Å². The molecule has 0 spiro atoms. The van der Waals surface area contributed by atoms with Crippen LogP contribution in [-0.4, -0.2) is 42.3 Å². The molecule has 0 N–H and O–H groups in total. The lowest BCUT2D eigenvalue weighted by molar-refractivity contribution is -0.149. The third-order valence-electron chi connectivity index (χ3n) is 4.84. The molecule has 6 heteroatoms. The number of hydrogen-bond donors (Lipinski definition) is 0. The van der Waals surface area contributed by atoms with E-state index in [2.05, 4.69) is 15.9 Å². The second kappa shape index (κ2) is 9.15. The number of piperidine rings is 1. The van der Waals surface area contributed by atoms with Crippen LogP contribution in [-0.2, 0) is 9.53 Å². The topological polar surface area (TPSA) is 63.7 Å². The summed E-state index contributed by atoms with van der Waals surface area (Å²) in [4.78, 5) is 39.8. The van der Waals surface area contributed by atoms with Gasteiger partial charge in [-0.15, -0.1) is 0 Å². The highest BCUT2D eigenvalue weighted by Gasteiger charge is 2.31. The van der Waals surface area contributed by atoms with E-state index < -0.39 is 0 Å². The Labute approximate surface area is 172 Å². The number of ether oxygens (including phenoxy) is 1. The molecule has 1 atom stereocenters. The molecule has 1 amide bonds. The predicted octanol–water partition coefficient (Wildman–Crippen LogP) is 4.10. The SMILES string of the molecule is CCOC(=O)C1CCCN(C(=O)c2ccccc2C(=O)c2ccc(Br)cc2)C1. The standard InChI is InChI=1S/C22H22BrNO4/c1-2-28-22(27)16-6-5-13-24(14-16)21(26)19-8-4-3-7-18(19)20(25)15-9-11-17(23)12-10-15/h3-4,7-12,16H,2,5-6,13-14H2,1H3. The summed E-state index contributed by atoms with van der Waals surface area (Å²) in [7, 11) is 0. The number of rotatable bonds is 5. The quantitative estimate of drug-likeness (QED) is 0.515. The van der Waals surface area contributed by atoms with Crippen molar-refractivity contribution in [2.45, 2.75) is 19.8 Å². The Morgan fingerprint density at radius 1 is 1.07 bits per heavy atom. The summed E-state index contributed by atoms with van der Waals surface area (Å²) in [5, 5.41) is 0. The lowest BCUT2D eigenvalue weighted by Crippen LogP contribution is -2.43. The minimum atomic E-state index is -0.313. The molecule has 0 aromatic heterocycles. The minimum absolute atomic E-state index is 0.199. The Hall–Kier alpha value is -2.47. The third-order valence-corrected chi connectivity index (χ3v) is 5.37. The zero-order valence-corrected chi connectivity index (χ0v) is 17.3. The van der Waals surface area contributed by atoms with E-state index in [0.717, 1.165) is 10.9 Å². The number of hydrogen-bond acceptors (Lipinski definition) is 4. The molecular weight excluding hydrogens is 422 g/mol. The van der Waals surface area contributed by atoms with Crippen LogP contribution in [0.1, 0.15) is 46.0 Å². The van der Waals surface area contributed by atoms with Crippen LogP contribution in [0.3, 0.4) is 0 Å². The highest BCUT2D eigenvalue weighted by molar-refractivity contribution is 9.10. The molecule has 5 nitrogen and oxygen atoms in total. The summed E-state index contributed by atoms with van der Waals surface area (Å²) < 4.78 is 5.99. The van der Waals surface area contributed by atoms with Gasteiger partial charge in [-0.1, -0.05) is 34.1 Å². The zero-order chi connectivity index (χ0) is 20.1. The van der Waals surface area contributed by atoms with Crippen LogP contribution in [0.2, 0.25) is 0 Å². The van der Waals surface area contributed by atoms with E-state index in [1.165, 1.54) is 0 Å². The van der Waals surface area contributed by atoms with Gasteiger partial charge in [0.05, 0.1) is 18.1 Å². The molecule has 3 rings (SSSR count). The molecule has 0 aliphatic carbocycles. The molecule has 28 heavy (non-hydrogen) atoms. The second-order valence-electron chi connectivity index (χ2n) is 6.72. The van der Waals surface area contributed by atoms with Gasteiger partial charge < -0.3 is 9.64 Å². The number of likely N-dealkylation sites (tertiary alicyclic amines) is 1. The van der Waals surface area contributed by atoms with Crippen LogP contribution in [0.4, 0.5) is 0 Å². The van der Waals surface area contributed by atoms with Gasteiger partial charge >= 0.3 is 5.97 Å². The van der Waals surface area contributed by atoms with Crippen LogP contribution in [0, 0.1) is 5.92 Å². The summed E-state index contributed by atoms with van der Waals surface area (Å²) in [5.74, 6) is -1.00. The fourth-order valence-electron chi connectivity index (χ4n) is 3.41. The lowest BCUT2D eigenvalue weighted by Gasteiger charge is -2.32. The molecule has 2 aromatic rings. The van der Waals surface area contributed by atoms with Gasteiger partial charge in [0.2, 0.25) is 0 Å². The van der Waals surface area contributed by atoms with Gasteiger partial charge in [0.15, 0.2) is 5.78 Å². The fourth-order valence-corrected chi connectivity index (χ4v) is 3.67. The first-order valence-electron chi connectivity index (χ1n) is 9.36. The van der Waals surface area contributed by atoms with Crippen LogP contribution in [0.25, 0.3) is 0 Å². The summed E-state index contributed by atoms with van der Waals surface area (Å²) in [6.45, 7) is 2.98. The van der Waals surface area contributed by atoms with E-state index in [4.69, 9.17) is 4.74 Å². The summed E-state index contributed by atoms with van der Waals surface area (Å²) in [6.07, 6.45) is 1.44. The molecule has 146 valence electrons. The number of amides is 1. The van der Waals surface area contributed by atoms with Crippen LogP contribution < -0.4 is 0 Å². The second-order valence-corrected chi connectivity index (χ2v) is 7.64. The maximum Gasteiger partial charge on any atom is 0.310 e. The minimum Gasteiger partial charge on any atom is -0.466 e. The highest BCUT2D eigenvalue weighted by atomic mass is 79.9. The van der Waals surface area contributed by atoms with Crippen molar-refractivity contribution in [3.63, 3.8) is 0 Å². The van der Waals surface area contributed by atoms with Crippen molar-refractivity contribution in [1.82, 2.24) is 4.90 Å². The van der Waals surface area contributed by atoms with E-state index in [0.29, 0.717) is 42.8 Å². The molecular formula is C22H22BrNO4. The molecule has 0 bridgehead atoms. The molecule has 2 aromatic carbocycles. The van der Waals surface area contributed by atoms with Gasteiger partial charge in [-0.25, -0.2) is 0 Å². The van der Waals surface area contributed by atoms with Gasteiger partial charge in [0.25, 0.3) is 5.91 Å². The van der Waals surface area contributed by atoms with Crippen molar-refractivity contribution < 1.29 is 19.1 Å². The lowest BCUT2D eigenvalue weighted by atomic mass is 9.94. The van der Waals surface area contributed by atoms with E-state index >= 15 is 0 Å². The number of carbonyl (C=O) groups excluding carboxylic acids is 3. The van der Waals surface area contributed by atoms with Crippen molar-refractivity contribution in [3.05, 3.63) is 69.7 Å². The zero-order valence-electron chi connectivity index (χ0n) is 15.7. The van der Waals surface area contributed by atoms with Crippen LogP contribution in [0.5, 0.6) is 0 Å². The Kier molecular flexibility index (Phi) is 6.62. The number of nitrogens with zero attached hydrogens (tertiary/aromatic N) is 1. The molecule has 1 fully saturated rings. The van der Waals surface area contributed by atoms with E-state index in [9.17, 15) is 14.4 Å². The van der Waals surface area contributed by atoms with E-state index in [-0.39, 0.29) is 23.6 Å². The molecule has 1 aliphatic heterocycles. The van der Waals surface area contributed by atoms with Gasteiger partial charge in [-0.05, 0) is 50.1 Å². The Morgan fingerprint density at radius 2 is 1.75 bits per heavy atom. The first-order chi connectivity index (χ1) is 13.5. The number of benzene rings is 2. The Bertz CT molecular complexity index is 878. The first-order valence-corrected chi connectivity index (χ1v) is 10.2. The summed E-state index contributed by atoms with van der Waals surface area (Å²) >= 11 is 3.36. The maximum absolute atomic E-state index is 13.2. The molecule has 1 unspecified atom stereocenters. The smallest absolute Gasteiger partial charge is 0.310 e. The monoisotopic (exact) mass is 443 g/mol. The maximum atomic E-state index is 13.2. The van der Waals surface area contributed by atoms with Gasteiger partial charge in [0.1, 0.15) is 0 Å². The molecule has 0 saturated carbocycles. The van der Waals surface area contributed by atoms with Gasteiger partial charge in [-0.3, -0.25) is 14.4 Å². The third kappa shape index (κ3) is 4.50. The predicted molar refractivity (Wildman–Crippen MR) is 109 cm³/mol. The largest absolute Gasteiger partial charge is 0.466 e. The molecule has 1 saturated heterocycles. The van der Waals surface area contributed by atoms with Crippen molar-refractivity contribution in [2.75, 3.05) is 19.7 Å². The Morgan fingerprint density at radius 3 is 2.43 bits per heavy atom. The number of halogens is 1. The normalized spacial score (nSPS) is 16.5. The number of carbonyl (C=O) groups is 3. The molecule has 1 aliphatic rings. The van der Waals surface area contributed by atoms with E-state index in [1.807, 2.05) is 0 Å². The summed E-state index contributed by atoms with van der Waals surface area (Å²) in [5.41, 5.74) is 1.25. The molecule has 0 radical (unpaired) electrons. The highest BCUT2D eigenvalue weighted by Crippen LogP contribution is 2.23. The average Bonchev–Trinajstić information content (AvgIpc) is 2.73. The van der Waals surface area contributed by atoms with Crippen molar-refractivity contribution >= 4 is 33.6 Å². The van der Waals surface area contributed by atoms with Gasteiger partial charge in [0, 0.05) is 28.7 Å². The number of esters is 1. The van der Waals surface area contributed by atoms with Crippen molar-refractivity contribution in [3.8, 4) is 0 Å². The fraction of sp³-hybridized carbons (Fsp3) is 0.318.